The molecule has 34 heavy (non-hydrogen) atoms. The van der Waals surface area contributed by atoms with Crippen molar-refractivity contribution >= 4 is 11.9 Å². The highest BCUT2D eigenvalue weighted by atomic mass is 16.7. The molecular formula is C26H32O8-2. The molecule has 2 fully saturated rings. The molecule has 8 nitrogen and oxygen atoms in total. The molecule has 8 heteroatoms. The van der Waals surface area contributed by atoms with E-state index in [9.17, 15) is 19.8 Å². The first kappa shape index (κ1) is 26.1. The highest BCUT2D eigenvalue weighted by Crippen LogP contribution is 2.41. The Morgan fingerprint density at radius 2 is 1.47 bits per heavy atom. The molecule has 0 aromatic heterocycles. The normalized spacial score (nSPS) is 26.2. The molecule has 186 valence electrons. The van der Waals surface area contributed by atoms with Gasteiger partial charge in [-0.25, -0.2) is 0 Å². The van der Waals surface area contributed by atoms with Crippen LogP contribution in [-0.2, 0) is 18.9 Å². The van der Waals surface area contributed by atoms with Gasteiger partial charge in [-0.3, -0.25) is 0 Å². The first-order chi connectivity index (χ1) is 16.4. The fourth-order valence-corrected chi connectivity index (χ4v) is 4.97. The van der Waals surface area contributed by atoms with Gasteiger partial charge in [0.1, 0.15) is 0 Å². The monoisotopic (exact) mass is 472 g/mol. The summed E-state index contributed by atoms with van der Waals surface area (Å²) in [7, 11) is 0. The summed E-state index contributed by atoms with van der Waals surface area (Å²) in [5.41, 5.74) is 0.281. The van der Waals surface area contributed by atoms with Crippen LogP contribution in [0.4, 0.5) is 0 Å². The second-order valence-corrected chi connectivity index (χ2v) is 8.58. The van der Waals surface area contributed by atoms with E-state index in [4.69, 9.17) is 18.9 Å². The minimum Gasteiger partial charge on any atom is -0.545 e. The standard InChI is InChI=1S/C26H34O8/c1-5-9-15(19-13-31-21(7-3)33-19)16-11-12-18(25(27)28)23(24(16)26(29)30)17(10-6-2)20-14-32-22(8-4)34-20/h7-8,11-12,15,17,19-22H,3-6,9-10,13-14H2,1-2H3,(H,27,28)(H,29,30)/p-2. The van der Waals surface area contributed by atoms with Crippen molar-refractivity contribution in [1.29, 1.82) is 0 Å². The number of ether oxygens (including phenoxy) is 4. The van der Waals surface area contributed by atoms with Crippen molar-refractivity contribution in [3.63, 3.8) is 0 Å². The summed E-state index contributed by atoms with van der Waals surface area (Å²) in [5, 5.41) is 24.7. The number of aromatic carboxylic acids is 2. The molecule has 1 aromatic carbocycles. The molecule has 0 saturated carbocycles. The third kappa shape index (κ3) is 5.41. The lowest BCUT2D eigenvalue weighted by molar-refractivity contribution is -0.255. The zero-order valence-electron chi connectivity index (χ0n) is 19.7. The van der Waals surface area contributed by atoms with E-state index < -0.39 is 42.6 Å². The van der Waals surface area contributed by atoms with Crippen molar-refractivity contribution in [1.82, 2.24) is 0 Å². The SMILES string of the molecule is C=CC1OCC(C(CCC)c2ccc(C(=O)[O-])c(C(CCC)C3COC(C=C)O3)c2C(=O)[O-])O1. The molecule has 6 atom stereocenters. The van der Waals surface area contributed by atoms with E-state index in [1.54, 1.807) is 0 Å². The molecule has 6 unspecified atom stereocenters. The van der Waals surface area contributed by atoms with Crippen LogP contribution in [0, 0.1) is 0 Å². The topological polar surface area (TPSA) is 117 Å². The van der Waals surface area contributed by atoms with Gasteiger partial charge in [0.05, 0.1) is 37.4 Å². The van der Waals surface area contributed by atoms with E-state index in [1.165, 1.54) is 24.3 Å². The summed E-state index contributed by atoms with van der Waals surface area (Å²) >= 11 is 0. The van der Waals surface area contributed by atoms with Crippen LogP contribution in [0.5, 0.6) is 0 Å². The van der Waals surface area contributed by atoms with Crippen LogP contribution >= 0.6 is 0 Å². The van der Waals surface area contributed by atoms with Gasteiger partial charge in [0, 0.05) is 23.0 Å². The highest BCUT2D eigenvalue weighted by Gasteiger charge is 2.38. The van der Waals surface area contributed by atoms with Crippen molar-refractivity contribution in [3.8, 4) is 0 Å². The number of benzene rings is 1. The molecule has 2 heterocycles. The Morgan fingerprint density at radius 3 is 1.91 bits per heavy atom. The number of hydrogen-bond acceptors (Lipinski definition) is 8. The van der Waals surface area contributed by atoms with Gasteiger partial charge in [-0.15, -0.1) is 0 Å². The third-order valence-corrected chi connectivity index (χ3v) is 6.42. The minimum absolute atomic E-state index is 0.144. The van der Waals surface area contributed by atoms with Crippen molar-refractivity contribution in [2.24, 2.45) is 0 Å². The molecule has 0 aliphatic carbocycles. The molecule has 2 saturated heterocycles. The molecule has 0 bridgehead atoms. The molecule has 2 aliphatic rings. The van der Waals surface area contributed by atoms with Crippen LogP contribution < -0.4 is 10.2 Å². The van der Waals surface area contributed by atoms with Crippen molar-refractivity contribution < 1.29 is 38.7 Å². The Hall–Kier alpha value is -2.52. The van der Waals surface area contributed by atoms with Gasteiger partial charge in [-0.05, 0) is 36.1 Å². The quantitative estimate of drug-likeness (QED) is 0.424. The maximum Gasteiger partial charge on any atom is 0.177 e. The minimum atomic E-state index is -1.46. The zero-order valence-corrected chi connectivity index (χ0v) is 19.7. The first-order valence-electron chi connectivity index (χ1n) is 11.7. The summed E-state index contributed by atoms with van der Waals surface area (Å²) in [6, 6.07) is 2.95. The van der Waals surface area contributed by atoms with Crippen LogP contribution in [0.3, 0.4) is 0 Å². The molecule has 2 aliphatic heterocycles. The highest BCUT2D eigenvalue weighted by molar-refractivity contribution is 5.97. The average Bonchev–Trinajstić information content (AvgIpc) is 3.49. The lowest BCUT2D eigenvalue weighted by Gasteiger charge is -2.32. The van der Waals surface area contributed by atoms with Gasteiger partial charge in [0.15, 0.2) is 12.6 Å². The summed E-state index contributed by atoms with van der Waals surface area (Å²) < 4.78 is 23.0. The first-order valence-corrected chi connectivity index (χ1v) is 11.7. The van der Waals surface area contributed by atoms with Crippen molar-refractivity contribution in [2.75, 3.05) is 13.2 Å². The van der Waals surface area contributed by atoms with Gasteiger partial charge in [0.2, 0.25) is 0 Å². The van der Waals surface area contributed by atoms with E-state index in [2.05, 4.69) is 13.2 Å². The van der Waals surface area contributed by atoms with Crippen LogP contribution in [0.1, 0.15) is 83.2 Å². The predicted octanol–water partition coefficient (Wildman–Crippen LogP) is 2.04. The Kier molecular flexibility index (Phi) is 9.02. The summed E-state index contributed by atoms with van der Waals surface area (Å²) in [6.45, 7) is 11.7. The van der Waals surface area contributed by atoms with Crippen molar-refractivity contribution in [2.45, 2.75) is 76.2 Å². The van der Waals surface area contributed by atoms with E-state index in [-0.39, 0.29) is 35.8 Å². The van der Waals surface area contributed by atoms with E-state index >= 15 is 0 Å². The Labute approximate surface area is 200 Å². The van der Waals surface area contributed by atoms with E-state index in [1.807, 2.05) is 13.8 Å². The average molecular weight is 473 g/mol. The number of carboxylic acids is 2. The van der Waals surface area contributed by atoms with Crippen molar-refractivity contribution in [3.05, 3.63) is 59.7 Å². The Balaban J connectivity index is 2.17. The van der Waals surface area contributed by atoms with E-state index in [0.717, 1.165) is 6.42 Å². The predicted molar refractivity (Wildman–Crippen MR) is 120 cm³/mol. The molecule has 1 aromatic rings. The lowest BCUT2D eigenvalue weighted by atomic mass is 9.77. The number of carboxylic acid groups (broad SMARTS) is 2. The largest absolute Gasteiger partial charge is 0.545 e. The number of rotatable bonds is 12. The molecule has 0 spiro atoms. The zero-order chi connectivity index (χ0) is 24.8. The fourth-order valence-electron chi connectivity index (χ4n) is 4.97. The summed E-state index contributed by atoms with van der Waals surface area (Å²) in [6.07, 6.45) is 3.39. The van der Waals surface area contributed by atoms with Gasteiger partial charge in [-0.2, -0.15) is 0 Å². The van der Waals surface area contributed by atoms with Crippen LogP contribution in [0.15, 0.2) is 37.4 Å². The van der Waals surface area contributed by atoms with Gasteiger partial charge >= 0.3 is 0 Å². The molecule has 0 radical (unpaired) electrons. The van der Waals surface area contributed by atoms with E-state index in [0.29, 0.717) is 24.8 Å². The molecule has 0 N–H and O–H groups in total. The second kappa shape index (κ2) is 11.8. The summed E-state index contributed by atoms with van der Waals surface area (Å²) in [5.74, 6) is -3.81. The third-order valence-electron chi connectivity index (χ3n) is 6.42. The Bertz CT molecular complexity index is 910. The number of carbonyl (C=O) groups is 2. The lowest BCUT2D eigenvalue weighted by Crippen LogP contribution is -2.35. The second-order valence-electron chi connectivity index (χ2n) is 8.58. The van der Waals surface area contributed by atoms with Crippen LogP contribution in [-0.4, -0.2) is 49.9 Å². The van der Waals surface area contributed by atoms with Gasteiger partial charge < -0.3 is 38.7 Å². The smallest absolute Gasteiger partial charge is 0.177 e. The fraction of sp³-hybridized carbons (Fsp3) is 0.538. The number of carbonyl (C=O) groups excluding carboxylic acids is 2. The van der Waals surface area contributed by atoms with Crippen LogP contribution in [0.25, 0.3) is 0 Å². The molecule has 0 amide bonds. The summed E-state index contributed by atoms with van der Waals surface area (Å²) in [4.78, 5) is 24.7. The maximum atomic E-state index is 12.6. The molecule has 3 rings (SSSR count). The van der Waals surface area contributed by atoms with Gasteiger partial charge in [-0.1, -0.05) is 52.0 Å². The maximum absolute atomic E-state index is 12.6. The number of hydrogen-bond donors (Lipinski definition) is 0. The van der Waals surface area contributed by atoms with Crippen LogP contribution in [0.2, 0.25) is 0 Å². The van der Waals surface area contributed by atoms with Gasteiger partial charge in [0.25, 0.3) is 0 Å². The Morgan fingerprint density at radius 1 is 0.941 bits per heavy atom. The molecular weight excluding hydrogens is 440 g/mol.